The molecule has 0 radical (unpaired) electrons. The predicted molar refractivity (Wildman–Crippen MR) is 73.7 cm³/mol. The number of carboxylic acid groups (broad SMARTS) is 1. The van der Waals surface area contributed by atoms with E-state index in [0.29, 0.717) is 10.9 Å². The monoisotopic (exact) mass is 274 g/mol. The average Bonchev–Trinajstić information content (AvgIpc) is 2.37. The third kappa shape index (κ3) is 3.03. The van der Waals surface area contributed by atoms with E-state index in [1.54, 1.807) is 31.2 Å². The van der Waals surface area contributed by atoms with E-state index < -0.39 is 17.9 Å². The van der Waals surface area contributed by atoms with Gasteiger partial charge in [0.2, 0.25) is 0 Å². The van der Waals surface area contributed by atoms with Crippen molar-refractivity contribution in [3.63, 3.8) is 0 Å². The number of nitrogens with one attached hydrogen (secondary N) is 2. The number of aromatic amines is 1. The van der Waals surface area contributed by atoms with Gasteiger partial charge in [-0.2, -0.15) is 0 Å². The molecule has 1 amide bonds. The number of carbonyl (C=O) groups is 2. The van der Waals surface area contributed by atoms with Gasteiger partial charge in [-0.3, -0.25) is 14.4 Å². The fourth-order valence-corrected chi connectivity index (χ4v) is 1.93. The number of pyridine rings is 1. The van der Waals surface area contributed by atoms with Crippen LogP contribution in [0.2, 0.25) is 0 Å². The van der Waals surface area contributed by atoms with E-state index >= 15 is 0 Å². The minimum atomic E-state index is -0.996. The first kappa shape index (κ1) is 13.8. The Morgan fingerprint density at radius 3 is 2.75 bits per heavy atom. The van der Waals surface area contributed by atoms with Gasteiger partial charge in [-0.1, -0.05) is 12.1 Å². The Morgan fingerprint density at radius 1 is 1.35 bits per heavy atom. The summed E-state index contributed by atoms with van der Waals surface area (Å²) in [5.74, 6) is -1.49. The summed E-state index contributed by atoms with van der Waals surface area (Å²) in [7, 11) is 0. The minimum absolute atomic E-state index is 0.117. The second-order valence-corrected chi connectivity index (χ2v) is 4.57. The van der Waals surface area contributed by atoms with Gasteiger partial charge in [0.05, 0.1) is 6.42 Å². The topological polar surface area (TPSA) is 99.3 Å². The van der Waals surface area contributed by atoms with Crippen LogP contribution < -0.4 is 10.7 Å². The van der Waals surface area contributed by atoms with Gasteiger partial charge in [0.1, 0.15) is 5.69 Å². The van der Waals surface area contributed by atoms with Crippen molar-refractivity contribution < 1.29 is 14.7 Å². The Balaban J connectivity index is 2.27. The molecule has 0 aliphatic heterocycles. The lowest BCUT2D eigenvalue weighted by Crippen LogP contribution is -2.35. The van der Waals surface area contributed by atoms with Gasteiger partial charge in [0.15, 0.2) is 5.43 Å². The number of hydrogen-bond acceptors (Lipinski definition) is 3. The number of H-pyrrole nitrogens is 1. The third-order valence-corrected chi connectivity index (χ3v) is 2.84. The van der Waals surface area contributed by atoms with Crippen molar-refractivity contribution in [2.75, 3.05) is 0 Å². The maximum atomic E-state index is 12.0. The van der Waals surface area contributed by atoms with Gasteiger partial charge in [-0.15, -0.1) is 0 Å². The van der Waals surface area contributed by atoms with E-state index in [-0.39, 0.29) is 17.5 Å². The molecule has 20 heavy (non-hydrogen) atoms. The summed E-state index contributed by atoms with van der Waals surface area (Å²) in [6.07, 6.45) is -0.177. The predicted octanol–water partition coefficient (Wildman–Crippen LogP) is 1.12. The first-order valence-electron chi connectivity index (χ1n) is 6.12. The number of carbonyl (C=O) groups excluding carboxylic acids is 1. The third-order valence-electron chi connectivity index (χ3n) is 2.84. The molecule has 0 saturated heterocycles. The van der Waals surface area contributed by atoms with Crippen molar-refractivity contribution in [2.24, 2.45) is 0 Å². The van der Waals surface area contributed by atoms with Crippen molar-refractivity contribution in [1.82, 2.24) is 10.3 Å². The van der Waals surface area contributed by atoms with Crippen LogP contribution in [0.15, 0.2) is 35.1 Å². The summed E-state index contributed by atoms with van der Waals surface area (Å²) >= 11 is 0. The summed E-state index contributed by atoms with van der Waals surface area (Å²) < 4.78 is 0. The minimum Gasteiger partial charge on any atom is -0.481 e. The number of hydrogen-bond donors (Lipinski definition) is 3. The fraction of sp³-hybridized carbons (Fsp3) is 0.214. The van der Waals surface area contributed by atoms with Crippen LogP contribution in [0.4, 0.5) is 0 Å². The average molecular weight is 274 g/mol. The Morgan fingerprint density at radius 2 is 2.05 bits per heavy atom. The van der Waals surface area contributed by atoms with E-state index in [0.717, 1.165) is 0 Å². The number of rotatable bonds is 4. The molecule has 0 fully saturated rings. The standard InChI is InChI=1S/C14H14N2O4/c1-8(6-13(18)19)15-14(20)11-7-12(17)9-4-2-3-5-10(9)16-11/h2-5,7-8H,6H2,1H3,(H,15,20)(H,16,17)(H,18,19). The van der Waals surface area contributed by atoms with E-state index in [2.05, 4.69) is 10.3 Å². The maximum absolute atomic E-state index is 12.0. The molecule has 1 unspecified atom stereocenters. The Labute approximate surface area is 114 Å². The molecule has 2 aromatic rings. The van der Waals surface area contributed by atoms with Crippen LogP contribution in [0.25, 0.3) is 10.9 Å². The van der Waals surface area contributed by atoms with Crippen LogP contribution >= 0.6 is 0 Å². The lowest BCUT2D eigenvalue weighted by molar-refractivity contribution is -0.137. The zero-order valence-corrected chi connectivity index (χ0v) is 10.8. The number of para-hydroxylation sites is 1. The molecule has 3 N–H and O–H groups in total. The molecule has 1 atom stereocenters. The molecule has 1 heterocycles. The van der Waals surface area contributed by atoms with Crippen LogP contribution in [-0.4, -0.2) is 28.0 Å². The second-order valence-electron chi connectivity index (χ2n) is 4.57. The first-order valence-corrected chi connectivity index (χ1v) is 6.12. The number of carboxylic acids is 1. The lowest BCUT2D eigenvalue weighted by atomic mass is 10.2. The molecular formula is C14H14N2O4. The highest BCUT2D eigenvalue weighted by Gasteiger charge is 2.14. The Bertz CT molecular complexity index is 720. The highest BCUT2D eigenvalue weighted by molar-refractivity contribution is 5.95. The molecule has 2 rings (SSSR count). The van der Waals surface area contributed by atoms with Gasteiger partial charge in [-0.25, -0.2) is 0 Å². The summed E-state index contributed by atoms with van der Waals surface area (Å²) in [6, 6.07) is 7.57. The Kier molecular flexibility index (Phi) is 3.84. The van der Waals surface area contributed by atoms with E-state index in [1.165, 1.54) is 6.07 Å². The van der Waals surface area contributed by atoms with Gasteiger partial charge in [0, 0.05) is 23.0 Å². The Hall–Kier alpha value is -2.63. The molecule has 0 bridgehead atoms. The normalized spacial score (nSPS) is 12.1. The van der Waals surface area contributed by atoms with E-state index in [4.69, 9.17) is 5.11 Å². The van der Waals surface area contributed by atoms with E-state index in [9.17, 15) is 14.4 Å². The highest BCUT2D eigenvalue weighted by atomic mass is 16.4. The first-order chi connectivity index (χ1) is 9.47. The van der Waals surface area contributed by atoms with Crippen LogP contribution in [0.3, 0.4) is 0 Å². The van der Waals surface area contributed by atoms with E-state index in [1.807, 2.05) is 0 Å². The SMILES string of the molecule is CC(CC(=O)O)NC(=O)c1cc(=O)c2ccccc2[nH]1. The molecule has 0 aliphatic rings. The number of aromatic nitrogens is 1. The van der Waals surface area contributed by atoms with Gasteiger partial charge in [-0.05, 0) is 19.1 Å². The number of aliphatic carboxylic acids is 1. The van der Waals surface area contributed by atoms with Gasteiger partial charge >= 0.3 is 5.97 Å². The summed E-state index contributed by atoms with van der Waals surface area (Å²) in [6.45, 7) is 1.59. The van der Waals surface area contributed by atoms with Crippen LogP contribution in [-0.2, 0) is 4.79 Å². The molecular weight excluding hydrogens is 260 g/mol. The second kappa shape index (κ2) is 5.56. The van der Waals surface area contributed by atoms with Crippen molar-refractivity contribution >= 4 is 22.8 Å². The maximum Gasteiger partial charge on any atom is 0.305 e. The molecule has 0 saturated carbocycles. The molecule has 104 valence electrons. The van der Waals surface area contributed by atoms with Crippen LogP contribution in [0.1, 0.15) is 23.8 Å². The summed E-state index contributed by atoms with van der Waals surface area (Å²) in [5, 5.41) is 11.7. The molecule has 6 heteroatoms. The smallest absolute Gasteiger partial charge is 0.305 e. The molecule has 6 nitrogen and oxygen atoms in total. The lowest BCUT2D eigenvalue weighted by Gasteiger charge is -2.11. The van der Waals surface area contributed by atoms with Crippen molar-refractivity contribution in [3.8, 4) is 0 Å². The summed E-state index contributed by atoms with van der Waals surface area (Å²) in [5.41, 5.74) is 0.428. The number of benzene rings is 1. The molecule has 1 aromatic carbocycles. The fourth-order valence-electron chi connectivity index (χ4n) is 1.93. The van der Waals surface area contributed by atoms with Crippen molar-refractivity contribution in [2.45, 2.75) is 19.4 Å². The van der Waals surface area contributed by atoms with Crippen LogP contribution in [0.5, 0.6) is 0 Å². The number of amides is 1. The van der Waals surface area contributed by atoms with Gasteiger partial charge < -0.3 is 15.4 Å². The van der Waals surface area contributed by atoms with Crippen molar-refractivity contribution in [1.29, 1.82) is 0 Å². The zero-order valence-electron chi connectivity index (χ0n) is 10.8. The van der Waals surface area contributed by atoms with Crippen LogP contribution in [0, 0.1) is 0 Å². The summed E-state index contributed by atoms with van der Waals surface area (Å²) in [4.78, 5) is 37.2. The largest absolute Gasteiger partial charge is 0.481 e. The molecule has 1 aromatic heterocycles. The highest BCUT2D eigenvalue weighted by Crippen LogP contribution is 2.07. The van der Waals surface area contributed by atoms with Gasteiger partial charge in [0.25, 0.3) is 5.91 Å². The molecule has 0 aliphatic carbocycles. The number of fused-ring (bicyclic) bond motifs is 1. The van der Waals surface area contributed by atoms with Crippen molar-refractivity contribution in [3.05, 3.63) is 46.2 Å². The quantitative estimate of drug-likeness (QED) is 0.778. The molecule has 0 spiro atoms. The zero-order chi connectivity index (χ0) is 14.7.